The summed E-state index contributed by atoms with van der Waals surface area (Å²) in [5.41, 5.74) is 16.3. The van der Waals surface area contributed by atoms with Crippen molar-refractivity contribution in [3.63, 3.8) is 0 Å². The van der Waals surface area contributed by atoms with E-state index in [1.807, 2.05) is 48.5 Å². The number of hydrogen-bond acceptors (Lipinski definition) is 12. The van der Waals surface area contributed by atoms with Crippen molar-refractivity contribution in [2.75, 3.05) is 11.5 Å². The third-order valence-corrected chi connectivity index (χ3v) is 11.2. The summed E-state index contributed by atoms with van der Waals surface area (Å²) in [4.78, 5) is 59.8. The number of fused-ring (bicyclic) bond motifs is 10. The van der Waals surface area contributed by atoms with Gasteiger partial charge in [0, 0.05) is 44.4 Å². The number of nitrogen functional groups attached to an aromatic ring is 2. The van der Waals surface area contributed by atoms with Crippen molar-refractivity contribution in [1.82, 2.24) is 19.1 Å². The number of ether oxygens (including phenoxy) is 2. The van der Waals surface area contributed by atoms with E-state index in [0.29, 0.717) is 69.5 Å². The summed E-state index contributed by atoms with van der Waals surface area (Å²) in [5.74, 6) is -1.45. The third-order valence-electron chi connectivity index (χ3n) is 11.2. The average molecular weight is 727 g/mol. The molecular formula is C40H34N6O8. The first kappa shape index (κ1) is 33.5. The lowest BCUT2D eigenvalue weighted by atomic mass is 9.86. The Morgan fingerprint density at radius 3 is 1.46 bits per heavy atom. The molecule has 0 aliphatic carbocycles. The van der Waals surface area contributed by atoms with Crippen molar-refractivity contribution < 1.29 is 29.3 Å². The molecule has 6 N–H and O–H groups in total. The number of nitrogens with two attached hydrogens (primary N) is 2. The summed E-state index contributed by atoms with van der Waals surface area (Å²) in [6.45, 7) is 3.84. The van der Waals surface area contributed by atoms with E-state index in [-0.39, 0.29) is 37.2 Å². The van der Waals surface area contributed by atoms with Crippen molar-refractivity contribution in [2.45, 2.75) is 64.2 Å². The highest BCUT2D eigenvalue weighted by molar-refractivity contribution is 5.94. The predicted molar refractivity (Wildman–Crippen MR) is 198 cm³/mol. The van der Waals surface area contributed by atoms with Gasteiger partial charge in [0.25, 0.3) is 11.1 Å². The quantitative estimate of drug-likeness (QED) is 0.149. The minimum Gasteiger partial charge on any atom is -0.458 e. The standard InChI is InChI=1S/2C20H17N3O4/c2*1-2-20(26)13-7-16-17-10(6-11-14(21)4-3-5-15(11)22-17)8-23(16)18(24)12(13)9-27-19(20)25/h2*3-7,26H,2,8-9,21H2,1H3/t2*20-/m00/s1. The van der Waals surface area contributed by atoms with Crippen LogP contribution in [0.5, 0.6) is 0 Å². The second kappa shape index (κ2) is 11.6. The highest BCUT2D eigenvalue weighted by atomic mass is 16.6. The van der Waals surface area contributed by atoms with Crippen LogP contribution >= 0.6 is 0 Å². The number of anilines is 2. The molecule has 2 atom stereocenters. The largest absolute Gasteiger partial charge is 0.458 e. The Bertz CT molecular complexity index is 2620. The number of rotatable bonds is 2. The number of benzene rings is 2. The van der Waals surface area contributed by atoms with Crippen LogP contribution < -0.4 is 22.6 Å². The number of hydrogen-bond donors (Lipinski definition) is 4. The van der Waals surface area contributed by atoms with E-state index < -0.39 is 23.1 Å². The normalized spacial score (nSPS) is 20.1. The van der Waals surface area contributed by atoms with E-state index >= 15 is 0 Å². The summed E-state index contributed by atoms with van der Waals surface area (Å²) in [6.07, 6.45) is 0.243. The molecular weight excluding hydrogens is 692 g/mol. The minimum absolute atomic E-state index is 0.121. The van der Waals surface area contributed by atoms with Crippen LogP contribution in [0.1, 0.15) is 60.1 Å². The molecule has 0 unspecified atom stereocenters. The van der Waals surface area contributed by atoms with Crippen LogP contribution in [0.15, 0.2) is 70.3 Å². The molecule has 0 fully saturated rings. The Kier molecular flexibility index (Phi) is 7.16. The molecule has 8 heterocycles. The zero-order valence-corrected chi connectivity index (χ0v) is 29.3. The van der Waals surface area contributed by atoms with Gasteiger partial charge < -0.3 is 40.3 Å². The fourth-order valence-electron chi connectivity index (χ4n) is 8.05. The first-order chi connectivity index (χ1) is 25.9. The molecule has 0 radical (unpaired) electrons. The van der Waals surface area contributed by atoms with Gasteiger partial charge >= 0.3 is 11.9 Å². The molecule has 2 aromatic carbocycles. The zero-order chi connectivity index (χ0) is 37.8. The maximum Gasteiger partial charge on any atom is 0.343 e. The smallest absolute Gasteiger partial charge is 0.343 e. The fraction of sp³-hybridized carbons (Fsp3) is 0.250. The molecule has 4 aliphatic heterocycles. The minimum atomic E-state index is -1.81. The van der Waals surface area contributed by atoms with Crippen LogP contribution in [0.4, 0.5) is 11.4 Å². The Morgan fingerprint density at radius 2 is 1.07 bits per heavy atom. The Labute approximate surface area is 306 Å². The molecule has 14 heteroatoms. The lowest BCUT2D eigenvalue weighted by Crippen LogP contribution is -2.44. The topological polar surface area (TPSA) is 215 Å². The van der Waals surface area contributed by atoms with Crippen LogP contribution in [0.2, 0.25) is 0 Å². The van der Waals surface area contributed by atoms with Gasteiger partial charge in [-0.3, -0.25) is 9.59 Å². The van der Waals surface area contributed by atoms with Crippen molar-refractivity contribution in [1.29, 1.82) is 0 Å². The fourth-order valence-corrected chi connectivity index (χ4v) is 8.05. The number of aromatic nitrogens is 4. The van der Waals surface area contributed by atoms with E-state index in [4.69, 9.17) is 30.9 Å². The number of aliphatic hydroxyl groups is 2. The average Bonchev–Trinajstić information content (AvgIpc) is 3.72. The summed E-state index contributed by atoms with van der Waals surface area (Å²) in [6, 6.07) is 18.3. The van der Waals surface area contributed by atoms with Gasteiger partial charge in [0.2, 0.25) is 0 Å². The first-order valence-corrected chi connectivity index (χ1v) is 17.6. The van der Waals surface area contributed by atoms with Gasteiger partial charge in [-0.25, -0.2) is 19.6 Å². The molecule has 0 spiro atoms. The molecule has 6 aromatic rings. The van der Waals surface area contributed by atoms with Crippen molar-refractivity contribution in [2.24, 2.45) is 0 Å². The molecule has 0 amide bonds. The molecule has 10 rings (SSSR count). The van der Waals surface area contributed by atoms with Gasteiger partial charge in [-0.2, -0.15) is 0 Å². The molecule has 0 saturated carbocycles. The van der Waals surface area contributed by atoms with Crippen LogP contribution in [0.25, 0.3) is 44.6 Å². The van der Waals surface area contributed by atoms with E-state index in [0.717, 1.165) is 32.9 Å². The van der Waals surface area contributed by atoms with Gasteiger partial charge in [0.15, 0.2) is 11.2 Å². The second-order valence-electron chi connectivity index (χ2n) is 14.0. The first-order valence-electron chi connectivity index (χ1n) is 17.6. The second-order valence-corrected chi connectivity index (χ2v) is 14.0. The van der Waals surface area contributed by atoms with Crippen LogP contribution in [-0.2, 0) is 56.6 Å². The Morgan fingerprint density at radius 1 is 0.667 bits per heavy atom. The SMILES string of the molecule is CC[C@@]1(O)C(=O)OCc2c1cc1n(c2=O)Cc2cc3c(N)cccc3nc2-1.CC[C@@]1(O)C(=O)OCc2c1cc1n(c2=O)Cc2cc3c(N)cccc3nc2-1. The lowest BCUT2D eigenvalue weighted by Gasteiger charge is -2.31. The molecule has 0 saturated heterocycles. The lowest BCUT2D eigenvalue weighted by molar-refractivity contribution is -0.172. The number of esters is 2. The maximum atomic E-state index is 13.1. The van der Waals surface area contributed by atoms with Crippen molar-refractivity contribution in [3.05, 3.63) is 115 Å². The summed E-state index contributed by atoms with van der Waals surface area (Å²) in [7, 11) is 0. The van der Waals surface area contributed by atoms with Crippen LogP contribution in [0, 0.1) is 0 Å². The van der Waals surface area contributed by atoms with Crippen LogP contribution in [-0.4, -0.2) is 41.3 Å². The summed E-state index contributed by atoms with van der Waals surface area (Å²) in [5, 5.41) is 23.4. The van der Waals surface area contributed by atoms with Gasteiger partial charge in [-0.05, 0) is 61.4 Å². The van der Waals surface area contributed by atoms with Gasteiger partial charge in [0.05, 0.1) is 58.0 Å². The number of cyclic esters (lactones) is 2. The molecule has 4 aliphatic rings. The van der Waals surface area contributed by atoms with E-state index in [1.165, 1.54) is 0 Å². The Hall–Kier alpha value is -6.38. The van der Waals surface area contributed by atoms with Crippen LogP contribution in [0.3, 0.4) is 0 Å². The third kappa shape index (κ3) is 4.53. The summed E-state index contributed by atoms with van der Waals surface area (Å²) < 4.78 is 13.4. The van der Waals surface area contributed by atoms with Gasteiger partial charge in [0.1, 0.15) is 13.2 Å². The van der Waals surface area contributed by atoms with Crippen molar-refractivity contribution >= 4 is 45.1 Å². The van der Waals surface area contributed by atoms with Gasteiger partial charge in [-0.15, -0.1) is 0 Å². The van der Waals surface area contributed by atoms with E-state index in [9.17, 15) is 29.4 Å². The molecule has 14 nitrogen and oxygen atoms in total. The van der Waals surface area contributed by atoms with E-state index in [2.05, 4.69) is 0 Å². The molecule has 0 bridgehead atoms. The molecule has 272 valence electrons. The number of pyridine rings is 4. The van der Waals surface area contributed by atoms with Crippen molar-refractivity contribution in [3.8, 4) is 22.8 Å². The maximum absolute atomic E-state index is 13.1. The Balaban J connectivity index is 0.000000142. The molecule has 54 heavy (non-hydrogen) atoms. The zero-order valence-electron chi connectivity index (χ0n) is 29.3. The van der Waals surface area contributed by atoms with E-state index in [1.54, 1.807) is 35.1 Å². The summed E-state index contributed by atoms with van der Waals surface area (Å²) >= 11 is 0. The number of nitrogens with zero attached hydrogens (tertiary/aromatic N) is 4. The van der Waals surface area contributed by atoms with Gasteiger partial charge in [-0.1, -0.05) is 26.0 Å². The highest BCUT2D eigenvalue weighted by Gasteiger charge is 2.46. The molecule has 4 aromatic heterocycles. The highest BCUT2D eigenvalue weighted by Crippen LogP contribution is 2.41. The predicted octanol–water partition coefficient (Wildman–Crippen LogP) is 3.32. The number of carbonyl (C=O) groups is 2. The number of carbonyl (C=O) groups excluding carboxylic acids is 2. The monoisotopic (exact) mass is 726 g/mol.